The van der Waals surface area contributed by atoms with Crippen LogP contribution in [0, 0.1) is 0 Å². The molecule has 0 atom stereocenters. The van der Waals surface area contributed by atoms with E-state index in [9.17, 15) is 0 Å². The fourth-order valence-corrected chi connectivity index (χ4v) is 6.16. The molecule has 0 unspecified atom stereocenters. The molecule has 0 radical (unpaired) electrons. The number of hydrogen-bond donors (Lipinski definition) is 1. The Labute approximate surface area is 205 Å². The molecule has 0 aliphatic heterocycles. The van der Waals surface area contributed by atoms with Crippen LogP contribution in [0.25, 0.3) is 0 Å². The van der Waals surface area contributed by atoms with Gasteiger partial charge in [-0.2, -0.15) is 0 Å². The highest BCUT2D eigenvalue weighted by atomic mass is 32.1. The van der Waals surface area contributed by atoms with Crippen LogP contribution in [-0.4, -0.2) is 12.1 Å². The number of benzene rings is 3. The van der Waals surface area contributed by atoms with Gasteiger partial charge < -0.3 is 9.80 Å². The molecule has 2 aliphatic rings. The molecule has 2 nitrogen and oxygen atoms in total. The summed E-state index contributed by atoms with van der Waals surface area (Å²) in [6, 6.07) is 29.7. The minimum Gasteiger partial charge on any atom is -0.365 e. The van der Waals surface area contributed by atoms with Gasteiger partial charge in [0.25, 0.3) is 0 Å². The third-order valence-corrected chi connectivity index (χ3v) is 7.67. The van der Waals surface area contributed by atoms with Gasteiger partial charge >= 0.3 is 0 Å². The molecule has 2 aliphatic carbocycles. The number of hydrogen-bond acceptors (Lipinski definition) is 3. The first kappa shape index (κ1) is 22.4. The second-order valence-electron chi connectivity index (χ2n) is 9.71. The van der Waals surface area contributed by atoms with Crippen molar-refractivity contribution < 1.29 is 0 Å². The van der Waals surface area contributed by atoms with Crippen LogP contribution < -0.4 is 9.80 Å². The second kappa shape index (κ2) is 10.7. The van der Waals surface area contributed by atoms with Gasteiger partial charge in [0.2, 0.25) is 0 Å². The molecule has 33 heavy (non-hydrogen) atoms. The topological polar surface area (TPSA) is 6.48 Å². The Morgan fingerprint density at radius 3 is 1.45 bits per heavy atom. The molecule has 0 aromatic heterocycles. The molecule has 2 saturated carbocycles. The maximum absolute atomic E-state index is 4.91. The minimum atomic E-state index is 0.659. The summed E-state index contributed by atoms with van der Waals surface area (Å²) < 4.78 is 0. The predicted octanol–water partition coefficient (Wildman–Crippen LogP) is 8.92. The Morgan fingerprint density at radius 1 is 0.515 bits per heavy atom. The molecular weight excluding hydrogens is 420 g/mol. The molecule has 0 amide bonds. The van der Waals surface area contributed by atoms with Gasteiger partial charge in [-0.05, 0) is 68.1 Å². The van der Waals surface area contributed by atoms with E-state index in [1.54, 1.807) is 0 Å². The largest absolute Gasteiger partial charge is 0.365 e. The maximum atomic E-state index is 4.91. The number of para-hydroxylation sites is 2. The SMILES string of the molecule is Sc1cc(N(c2ccccc2)c2ccccc2)cc(N(C2CCCCC2)C2CCCCC2)c1. The lowest BCUT2D eigenvalue weighted by Crippen LogP contribution is -2.45. The van der Waals surface area contributed by atoms with Gasteiger partial charge in [0.1, 0.15) is 0 Å². The van der Waals surface area contributed by atoms with E-state index in [1.165, 1.54) is 87.0 Å². The van der Waals surface area contributed by atoms with Gasteiger partial charge in [0.15, 0.2) is 0 Å². The summed E-state index contributed by atoms with van der Waals surface area (Å²) in [4.78, 5) is 6.22. The van der Waals surface area contributed by atoms with Crippen LogP contribution >= 0.6 is 12.6 Å². The highest BCUT2D eigenvalue weighted by Crippen LogP contribution is 2.41. The first-order valence-corrected chi connectivity index (χ1v) is 13.3. The van der Waals surface area contributed by atoms with Gasteiger partial charge in [-0.3, -0.25) is 0 Å². The van der Waals surface area contributed by atoms with Gasteiger partial charge in [-0.15, -0.1) is 12.6 Å². The lowest BCUT2D eigenvalue weighted by Gasteiger charge is -2.44. The summed E-state index contributed by atoms with van der Waals surface area (Å²) in [6.07, 6.45) is 13.5. The average Bonchev–Trinajstić information content (AvgIpc) is 2.87. The standard InChI is InChI=1S/C30H36N2S/c33-30-22-28(31(24-13-5-1-6-14-24)25-15-7-2-8-16-25)21-29(23-30)32(26-17-9-3-10-18-26)27-19-11-4-12-20-27/h1-2,5-8,13-16,21-23,26-27,33H,3-4,9-12,17-20H2. The van der Waals surface area contributed by atoms with Gasteiger partial charge in [-0.25, -0.2) is 0 Å². The first-order valence-electron chi connectivity index (χ1n) is 12.8. The molecule has 5 rings (SSSR count). The van der Waals surface area contributed by atoms with E-state index < -0.39 is 0 Å². The maximum Gasteiger partial charge on any atom is 0.0493 e. The summed E-state index contributed by atoms with van der Waals surface area (Å²) in [5.74, 6) is 0. The summed E-state index contributed by atoms with van der Waals surface area (Å²) in [5.41, 5.74) is 4.89. The monoisotopic (exact) mass is 456 g/mol. The summed E-state index contributed by atoms with van der Waals surface area (Å²) >= 11 is 4.91. The van der Waals surface area contributed by atoms with E-state index in [-0.39, 0.29) is 0 Å². The van der Waals surface area contributed by atoms with Crippen LogP contribution in [0.1, 0.15) is 64.2 Å². The molecule has 3 aromatic carbocycles. The molecule has 2 fully saturated rings. The van der Waals surface area contributed by atoms with Gasteiger partial charge in [0.05, 0.1) is 0 Å². The van der Waals surface area contributed by atoms with Crippen LogP contribution in [0.4, 0.5) is 22.7 Å². The molecular formula is C30H36N2S. The zero-order chi connectivity index (χ0) is 22.5. The van der Waals surface area contributed by atoms with E-state index in [2.05, 4.69) is 88.7 Å². The summed E-state index contributed by atoms with van der Waals surface area (Å²) in [5, 5.41) is 0. The van der Waals surface area contributed by atoms with Gasteiger partial charge in [-0.1, -0.05) is 74.9 Å². The molecule has 0 heterocycles. The van der Waals surface area contributed by atoms with Crippen LogP contribution in [0.5, 0.6) is 0 Å². The lowest BCUT2D eigenvalue weighted by molar-refractivity contribution is 0.340. The predicted molar refractivity (Wildman–Crippen MR) is 145 cm³/mol. The molecule has 3 aromatic rings. The van der Waals surface area contributed by atoms with E-state index in [4.69, 9.17) is 12.6 Å². The fraction of sp³-hybridized carbons (Fsp3) is 0.400. The number of rotatable bonds is 6. The molecule has 172 valence electrons. The molecule has 0 bridgehead atoms. The minimum absolute atomic E-state index is 0.659. The van der Waals surface area contributed by atoms with E-state index in [0.717, 1.165) is 4.90 Å². The third kappa shape index (κ3) is 5.24. The van der Waals surface area contributed by atoms with Gasteiger partial charge in [0, 0.05) is 39.7 Å². The molecule has 0 N–H and O–H groups in total. The van der Waals surface area contributed by atoms with Crippen molar-refractivity contribution in [2.24, 2.45) is 0 Å². The number of nitrogens with zero attached hydrogens (tertiary/aromatic N) is 2. The van der Waals surface area contributed by atoms with Crippen molar-refractivity contribution in [3.63, 3.8) is 0 Å². The Kier molecular flexibility index (Phi) is 7.26. The van der Waals surface area contributed by atoms with E-state index >= 15 is 0 Å². The van der Waals surface area contributed by atoms with Crippen molar-refractivity contribution in [3.05, 3.63) is 78.9 Å². The second-order valence-corrected chi connectivity index (χ2v) is 10.2. The number of thiol groups is 1. The number of anilines is 4. The Balaban J connectivity index is 1.58. The highest BCUT2D eigenvalue weighted by molar-refractivity contribution is 7.80. The van der Waals surface area contributed by atoms with Crippen molar-refractivity contribution in [3.8, 4) is 0 Å². The van der Waals surface area contributed by atoms with Crippen molar-refractivity contribution >= 4 is 35.4 Å². The smallest absolute Gasteiger partial charge is 0.0493 e. The zero-order valence-corrected chi connectivity index (χ0v) is 20.5. The van der Waals surface area contributed by atoms with Crippen molar-refractivity contribution in [1.82, 2.24) is 0 Å². The third-order valence-electron chi connectivity index (χ3n) is 7.41. The normalized spacial score (nSPS) is 17.6. The first-order chi connectivity index (χ1) is 16.3. The van der Waals surface area contributed by atoms with Crippen molar-refractivity contribution in [2.75, 3.05) is 9.80 Å². The Morgan fingerprint density at radius 2 is 0.970 bits per heavy atom. The fourth-order valence-electron chi connectivity index (χ4n) is 5.90. The lowest BCUT2D eigenvalue weighted by atomic mass is 9.88. The summed E-state index contributed by atoms with van der Waals surface area (Å²) in [6.45, 7) is 0. The molecule has 3 heteroatoms. The van der Waals surface area contributed by atoms with Crippen LogP contribution in [0.2, 0.25) is 0 Å². The van der Waals surface area contributed by atoms with E-state index in [0.29, 0.717) is 12.1 Å². The van der Waals surface area contributed by atoms with Crippen LogP contribution in [-0.2, 0) is 0 Å². The molecule has 0 spiro atoms. The zero-order valence-electron chi connectivity index (χ0n) is 19.6. The average molecular weight is 457 g/mol. The van der Waals surface area contributed by atoms with Crippen LogP contribution in [0.3, 0.4) is 0 Å². The highest BCUT2D eigenvalue weighted by Gasteiger charge is 2.30. The van der Waals surface area contributed by atoms with E-state index in [1.807, 2.05) is 0 Å². The van der Waals surface area contributed by atoms with Crippen molar-refractivity contribution in [1.29, 1.82) is 0 Å². The van der Waals surface area contributed by atoms with Crippen LogP contribution in [0.15, 0.2) is 83.8 Å². The Hall–Kier alpha value is -2.39. The Bertz CT molecular complexity index is 950. The molecule has 0 saturated heterocycles. The summed E-state index contributed by atoms with van der Waals surface area (Å²) in [7, 11) is 0. The quantitative estimate of drug-likeness (QED) is 0.370. The van der Waals surface area contributed by atoms with Crippen molar-refractivity contribution in [2.45, 2.75) is 81.2 Å².